The van der Waals surface area contributed by atoms with Gasteiger partial charge in [0.25, 0.3) is 5.91 Å². The summed E-state index contributed by atoms with van der Waals surface area (Å²) in [6.07, 6.45) is -0.0953. The van der Waals surface area contributed by atoms with Gasteiger partial charge in [-0.3, -0.25) is 14.9 Å². The fourth-order valence-electron chi connectivity index (χ4n) is 1.69. The van der Waals surface area contributed by atoms with Gasteiger partial charge in [0.15, 0.2) is 5.13 Å². The molecular formula is C14H14N2O4S. The first kappa shape index (κ1) is 15.0. The molecule has 0 saturated heterocycles. The van der Waals surface area contributed by atoms with Gasteiger partial charge in [-0.25, -0.2) is 4.98 Å². The molecule has 0 bridgehead atoms. The monoisotopic (exact) mass is 306 g/mol. The quantitative estimate of drug-likeness (QED) is 0.885. The summed E-state index contributed by atoms with van der Waals surface area (Å²) in [5, 5.41) is 11.8. The molecular weight excluding hydrogens is 292 g/mol. The Morgan fingerprint density at radius 1 is 1.33 bits per heavy atom. The van der Waals surface area contributed by atoms with Crippen molar-refractivity contribution in [2.75, 3.05) is 12.4 Å². The van der Waals surface area contributed by atoms with Crippen molar-refractivity contribution in [1.29, 1.82) is 0 Å². The standard InChI is InChI=1S/C14H14N2O4S/c1-8-11(7-12(17)18)21-14(15-8)16-13(19)9-3-5-10(20-2)6-4-9/h3-6H,7H2,1-2H3,(H,17,18)(H,15,16,19). The lowest BCUT2D eigenvalue weighted by molar-refractivity contribution is -0.136. The summed E-state index contributed by atoms with van der Waals surface area (Å²) in [6, 6.07) is 6.68. The number of aromatic nitrogens is 1. The molecule has 2 N–H and O–H groups in total. The Morgan fingerprint density at radius 3 is 2.57 bits per heavy atom. The third-order valence-corrected chi connectivity index (χ3v) is 3.85. The van der Waals surface area contributed by atoms with Gasteiger partial charge in [0, 0.05) is 10.4 Å². The van der Waals surface area contributed by atoms with Crippen molar-refractivity contribution in [3.63, 3.8) is 0 Å². The molecule has 0 aliphatic heterocycles. The van der Waals surface area contributed by atoms with Crippen molar-refractivity contribution in [3.8, 4) is 5.75 Å². The van der Waals surface area contributed by atoms with Gasteiger partial charge in [-0.2, -0.15) is 0 Å². The molecule has 0 fully saturated rings. The minimum absolute atomic E-state index is 0.0953. The fourth-order valence-corrected chi connectivity index (χ4v) is 2.64. The van der Waals surface area contributed by atoms with Crippen LogP contribution in [0, 0.1) is 6.92 Å². The Morgan fingerprint density at radius 2 is 2.00 bits per heavy atom. The number of anilines is 1. The number of aryl methyl sites for hydroxylation is 1. The first-order chi connectivity index (χ1) is 9.99. The van der Waals surface area contributed by atoms with Gasteiger partial charge >= 0.3 is 5.97 Å². The number of thiazole rings is 1. The number of methoxy groups -OCH3 is 1. The van der Waals surface area contributed by atoms with Crippen LogP contribution in [0.4, 0.5) is 5.13 Å². The highest BCUT2D eigenvalue weighted by Crippen LogP contribution is 2.23. The number of amides is 1. The molecule has 1 heterocycles. The summed E-state index contributed by atoms with van der Waals surface area (Å²) in [5.74, 6) is -0.552. The van der Waals surface area contributed by atoms with E-state index in [1.165, 1.54) is 11.3 Å². The van der Waals surface area contributed by atoms with Crippen LogP contribution in [0.2, 0.25) is 0 Å². The average molecular weight is 306 g/mol. The van der Waals surface area contributed by atoms with Crippen LogP contribution in [0.25, 0.3) is 0 Å². The minimum Gasteiger partial charge on any atom is -0.497 e. The molecule has 0 spiro atoms. The third kappa shape index (κ3) is 3.79. The van der Waals surface area contributed by atoms with E-state index in [0.29, 0.717) is 27.0 Å². The van der Waals surface area contributed by atoms with Crippen LogP contribution in [-0.4, -0.2) is 29.1 Å². The van der Waals surface area contributed by atoms with Gasteiger partial charge in [0.2, 0.25) is 0 Å². The number of hydrogen-bond acceptors (Lipinski definition) is 5. The normalized spacial score (nSPS) is 10.2. The van der Waals surface area contributed by atoms with E-state index in [9.17, 15) is 9.59 Å². The van der Waals surface area contributed by atoms with Gasteiger partial charge in [-0.15, -0.1) is 11.3 Å². The lowest BCUT2D eigenvalue weighted by Gasteiger charge is -2.03. The summed E-state index contributed by atoms with van der Waals surface area (Å²) in [7, 11) is 1.55. The molecule has 0 saturated carbocycles. The minimum atomic E-state index is -0.921. The van der Waals surface area contributed by atoms with Crippen molar-refractivity contribution < 1.29 is 19.4 Å². The van der Waals surface area contributed by atoms with Crippen LogP contribution in [0.1, 0.15) is 20.9 Å². The number of nitrogens with zero attached hydrogens (tertiary/aromatic N) is 1. The number of carboxylic acids is 1. The Labute approximate surface area is 125 Å². The zero-order valence-electron chi connectivity index (χ0n) is 11.5. The number of rotatable bonds is 5. The van der Waals surface area contributed by atoms with E-state index in [2.05, 4.69) is 10.3 Å². The summed E-state index contributed by atoms with van der Waals surface area (Å²) >= 11 is 1.17. The third-order valence-electron chi connectivity index (χ3n) is 2.78. The zero-order valence-corrected chi connectivity index (χ0v) is 12.4. The average Bonchev–Trinajstić information content (AvgIpc) is 2.78. The molecule has 6 nitrogen and oxygen atoms in total. The van der Waals surface area contributed by atoms with Crippen LogP contribution < -0.4 is 10.1 Å². The Kier molecular flexibility index (Phi) is 4.54. The molecule has 0 unspecified atom stereocenters. The predicted octanol–water partition coefficient (Wildman–Crippen LogP) is 2.34. The molecule has 110 valence electrons. The highest BCUT2D eigenvalue weighted by molar-refractivity contribution is 7.16. The zero-order chi connectivity index (χ0) is 15.4. The molecule has 1 aromatic heterocycles. The number of aliphatic carboxylic acids is 1. The van der Waals surface area contributed by atoms with E-state index >= 15 is 0 Å². The summed E-state index contributed by atoms with van der Waals surface area (Å²) in [5.41, 5.74) is 1.09. The van der Waals surface area contributed by atoms with Gasteiger partial charge in [0.05, 0.1) is 19.2 Å². The second-order valence-corrected chi connectivity index (χ2v) is 5.36. The second-order valence-electron chi connectivity index (χ2n) is 4.28. The topological polar surface area (TPSA) is 88.5 Å². The lowest BCUT2D eigenvalue weighted by Crippen LogP contribution is -2.11. The lowest BCUT2D eigenvalue weighted by atomic mass is 10.2. The van der Waals surface area contributed by atoms with Gasteiger partial charge < -0.3 is 9.84 Å². The molecule has 2 aromatic rings. The molecule has 1 amide bonds. The van der Waals surface area contributed by atoms with Crippen molar-refractivity contribution >= 4 is 28.3 Å². The van der Waals surface area contributed by atoms with Gasteiger partial charge in [-0.05, 0) is 31.2 Å². The van der Waals surface area contributed by atoms with Crippen LogP contribution in [0.5, 0.6) is 5.75 Å². The summed E-state index contributed by atoms with van der Waals surface area (Å²) in [4.78, 5) is 27.6. The first-order valence-electron chi connectivity index (χ1n) is 6.13. The van der Waals surface area contributed by atoms with E-state index in [-0.39, 0.29) is 12.3 Å². The SMILES string of the molecule is COc1ccc(C(=O)Nc2nc(C)c(CC(=O)O)s2)cc1. The van der Waals surface area contributed by atoms with Crippen molar-refractivity contribution in [2.45, 2.75) is 13.3 Å². The molecule has 7 heteroatoms. The molecule has 21 heavy (non-hydrogen) atoms. The number of carbonyl (C=O) groups excluding carboxylic acids is 1. The molecule has 1 aromatic carbocycles. The van der Waals surface area contributed by atoms with Crippen LogP contribution in [0.15, 0.2) is 24.3 Å². The predicted molar refractivity (Wildman–Crippen MR) is 79.1 cm³/mol. The maximum atomic E-state index is 12.1. The number of ether oxygens (including phenoxy) is 1. The van der Waals surface area contributed by atoms with Crippen molar-refractivity contribution in [3.05, 3.63) is 40.4 Å². The molecule has 0 atom stereocenters. The smallest absolute Gasteiger partial charge is 0.308 e. The first-order valence-corrected chi connectivity index (χ1v) is 6.94. The number of carboxylic acid groups (broad SMARTS) is 1. The highest BCUT2D eigenvalue weighted by Gasteiger charge is 2.13. The molecule has 0 aliphatic carbocycles. The van der Waals surface area contributed by atoms with E-state index in [1.54, 1.807) is 38.3 Å². The largest absolute Gasteiger partial charge is 0.497 e. The summed E-state index contributed by atoms with van der Waals surface area (Å²) < 4.78 is 5.03. The fraction of sp³-hybridized carbons (Fsp3) is 0.214. The van der Waals surface area contributed by atoms with Crippen molar-refractivity contribution in [1.82, 2.24) is 4.98 Å². The van der Waals surface area contributed by atoms with E-state index in [0.717, 1.165) is 0 Å². The van der Waals surface area contributed by atoms with Crippen molar-refractivity contribution in [2.24, 2.45) is 0 Å². The molecule has 0 aliphatic rings. The van der Waals surface area contributed by atoms with Gasteiger partial charge in [0.1, 0.15) is 5.75 Å². The second kappa shape index (κ2) is 6.36. The van der Waals surface area contributed by atoms with E-state index in [1.807, 2.05) is 0 Å². The molecule has 2 rings (SSSR count). The van der Waals surface area contributed by atoms with E-state index < -0.39 is 5.97 Å². The number of hydrogen-bond donors (Lipinski definition) is 2. The van der Waals surface area contributed by atoms with Gasteiger partial charge in [-0.1, -0.05) is 0 Å². The maximum absolute atomic E-state index is 12.1. The number of benzene rings is 1. The molecule has 0 radical (unpaired) electrons. The Balaban J connectivity index is 2.10. The highest BCUT2D eigenvalue weighted by atomic mass is 32.1. The number of carbonyl (C=O) groups is 2. The van der Waals surface area contributed by atoms with Crippen LogP contribution in [-0.2, 0) is 11.2 Å². The Bertz CT molecular complexity index is 664. The van der Waals surface area contributed by atoms with E-state index in [4.69, 9.17) is 9.84 Å². The maximum Gasteiger partial charge on any atom is 0.308 e. The Hall–Kier alpha value is -2.41. The van der Waals surface area contributed by atoms with Crippen LogP contribution >= 0.6 is 11.3 Å². The van der Waals surface area contributed by atoms with Crippen LogP contribution in [0.3, 0.4) is 0 Å². The number of nitrogens with one attached hydrogen (secondary N) is 1. The summed E-state index contributed by atoms with van der Waals surface area (Å²) in [6.45, 7) is 1.72.